The van der Waals surface area contributed by atoms with E-state index in [9.17, 15) is 4.79 Å². The molecule has 3 N–H and O–H groups in total. The van der Waals surface area contributed by atoms with Crippen molar-refractivity contribution < 1.29 is 4.79 Å². The van der Waals surface area contributed by atoms with Gasteiger partial charge in [-0.05, 0) is 53.9 Å². The Morgan fingerprint density at radius 2 is 2.14 bits per heavy atom. The quantitative estimate of drug-likeness (QED) is 0.835. The molecule has 1 aromatic carbocycles. The summed E-state index contributed by atoms with van der Waals surface area (Å²) in [7, 11) is 3.48. The normalized spacial score (nSPS) is 12.0. The zero-order chi connectivity index (χ0) is 15.4. The molecule has 1 atom stereocenters. The van der Waals surface area contributed by atoms with Crippen molar-refractivity contribution in [2.75, 3.05) is 25.1 Å². The van der Waals surface area contributed by atoms with E-state index < -0.39 is 0 Å². The highest BCUT2D eigenvalue weighted by Crippen LogP contribution is 2.22. The average molecular weight is 303 g/mol. The number of nitrogens with zero attached hydrogens (tertiary/aromatic N) is 1. The molecule has 1 unspecified atom stereocenters. The fourth-order valence-corrected chi connectivity index (χ4v) is 2.83. The molecule has 0 aliphatic carbocycles. The van der Waals surface area contributed by atoms with Crippen LogP contribution in [0.5, 0.6) is 0 Å². The van der Waals surface area contributed by atoms with Crippen molar-refractivity contribution in [3.8, 4) is 0 Å². The van der Waals surface area contributed by atoms with E-state index in [-0.39, 0.29) is 11.9 Å². The van der Waals surface area contributed by atoms with Gasteiger partial charge in [-0.25, -0.2) is 0 Å². The summed E-state index contributed by atoms with van der Waals surface area (Å²) >= 11 is 1.70. The molecule has 0 radical (unpaired) electrons. The lowest BCUT2D eigenvalue weighted by Crippen LogP contribution is -2.23. The Morgan fingerprint density at radius 3 is 2.76 bits per heavy atom. The second kappa shape index (κ2) is 6.63. The van der Waals surface area contributed by atoms with Crippen LogP contribution < -0.4 is 11.1 Å². The lowest BCUT2D eigenvalue weighted by molar-refractivity contribution is 0.0827. The zero-order valence-electron chi connectivity index (χ0n) is 12.6. The van der Waals surface area contributed by atoms with Crippen LogP contribution in [0.4, 0.5) is 11.4 Å². The number of thiophene rings is 1. The first-order valence-electron chi connectivity index (χ1n) is 6.86. The number of nitrogens with two attached hydrogens (primary N) is 1. The van der Waals surface area contributed by atoms with Crippen molar-refractivity contribution in [1.29, 1.82) is 0 Å². The number of carbonyl (C=O) groups excluding carboxylic acids is 1. The second-order valence-electron chi connectivity index (χ2n) is 5.38. The van der Waals surface area contributed by atoms with Crippen LogP contribution in [0.25, 0.3) is 0 Å². The van der Waals surface area contributed by atoms with E-state index in [1.54, 1.807) is 42.5 Å². The number of anilines is 2. The number of hydrogen-bond donors (Lipinski definition) is 2. The van der Waals surface area contributed by atoms with Gasteiger partial charge in [0.2, 0.25) is 0 Å². The summed E-state index contributed by atoms with van der Waals surface area (Å²) in [5.41, 5.74) is 9.41. The molecule has 1 amide bonds. The molecule has 0 saturated heterocycles. The Bertz CT molecular complexity index is 608. The zero-order valence-corrected chi connectivity index (χ0v) is 13.4. The van der Waals surface area contributed by atoms with E-state index in [1.807, 2.05) is 6.07 Å². The highest BCUT2D eigenvalue weighted by atomic mass is 32.1. The standard InChI is InChI=1S/C16H21N3OS/c1-11(8-12-6-7-21-10-12)18-15-9-13(4-5-14(15)17)16(20)19(2)3/h4-7,9-11,18H,8,17H2,1-3H3. The maximum Gasteiger partial charge on any atom is 0.253 e. The van der Waals surface area contributed by atoms with Crippen LogP contribution in [0.1, 0.15) is 22.8 Å². The molecule has 21 heavy (non-hydrogen) atoms. The molecule has 1 aromatic heterocycles. The first kappa shape index (κ1) is 15.4. The largest absolute Gasteiger partial charge is 0.397 e. The Balaban J connectivity index is 2.11. The second-order valence-corrected chi connectivity index (χ2v) is 6.16. The van der Waals surface area contributed by atoms with Crippen LogP contribution in [-0.4, -0.2) is 30.9 Å². The van der Waals surface area contributed by atoms with Gasteiger partial charge in [-0.3, -0.25) is 4.79 Å². The molecule has 2 rings (SSSR count). The van der Waals surface area contributed by atoms with Gasteiger partial charge in [-0.1, -0.05) is 0 Å². The molecule has 0 aliphatic heterocycles. The van der Waals surface area contributed by atoms with E-state index >= 15 is 0 Å². The van der Waals surface area contributed by atoms with Crippen molar-refractivity contribution in [2.45, 2.75) is 19.4 Å². The third-order valence-corrected chi connectivity index (χ3v) is 3.96. The summed E-state index contributed by atoms with van der Waals surface area (Å²) < 4.78 is 0. The molecule has 2 aromatic rings. The molecule has 0 saturated carbocycles. The summed E-state index contributed by atoms with van der Waals surface area (Å²) in [6.07, 6.45) is 0.925. The van der Waals surface area contributed by atoms with E-state index in [2.05, 4.69) is 29.1 Å². The van der Waals surface area contributed by atoms with Gasteiger partial charge in [0.1, 0.15) is 0 Å². The van der Waals surface area contributed by atoms with Crippen molar-refractivity contribution >= 4 is 28.6 Å². The lowest BCUT2D eigenvalue weighted by atomic mass is 10.1. The number of nitrogen functional groups attached to an aromatic ring is 1. The number of rotatable bonds is 5. The van der Waals surface area contributed by atoms with E-state index in [0.29, 0.717) is 11.3 Å². The minimum atomic E-state index is -0.0245. The molecular formula is C16H21N3OS. The van der Waals surface area contributed by atoms with E-state index in [1.165, 1.54) is 5.56 Å². The number of amides is 1. The molecule has 5 heteroatoms. The van der Waals surface area contributed by atoms with Crippen molar-refractivity contribution in [3.63, 3.8) is 0 Å². The minimum Gasteiger partial charge on any atom is -0.397 e. The molecule has 0 fully saturated rings. The minimum absolute atomic E-state index is 0.0245. The Hall–Kier alpha value is -2.01. The highest BCUT2D eigenvalue weighted by Gasteiger charge is 2.12. The molecule has 4 nitrogen and oxygen atoms in total. The fourth-order valence-electron chi connectivity index (χ4n) is 2.15. The summed E-state index contributed by atoms with van der Waals surface area (Å²) in [5.74, 6) is -0.0245. The number of hydrogen-bond acceptors (Lipinski definition) is 4. The molecule has 0 spiro atoms. The van der Waals surface area contributed by atoms with Crippen LogP contribution in [0.3, 0.4) is 0 Å². The summed E-state index contributed by atoms with van der Waals surface area (Å²) in [5, 5.41) is 7.61. The van der Waals surface area contributed by atoms with Gasteiger partial charge >= 0.3 is 0 Å². The van der Waals surface area contributed by atoms with Crippen LogP contribution in [-0.2, 0) is 6.42 Å². The highest BCUT2D eigenvalue weighted by molar-refractivity contribution is 7.07. The molecule has 1 heterocycles. The Kier molecular flexibility index (Phi) is 4.85. The lowest BCUT2D eigenvalue weighted by Gasteiger charge is -2.18. The predicted molar refractivity (Wildman–Crippen MR) is 90.0 cm³/mol. The molecule has 0 bridgehead atoms. The maximum absolute atomic E-state index is 12.0. The Labute approximate surface area is 129 Å². The number of benzene rings is 1. The van der Waals surface area contributed by atoms with Crippen LogP contribution in [0.15, 0.2) is 35.0 Å². The van der Waals surface area contributed by atoms with Gasteiger partial charge in [0, 0.05) is 25.7 Å². The van der Waals surface area contributed by atoms with E-state index in [4.69, 9.17) is 5.73 Å². The number of carbonyl (C=O) groups is 1. The summed E-state index contributed by atoms with van der Waals surface area (Å²) in [6.45, 7) is 2.11. The predicted octanol–water partition coefficient (Wildman–Crippen LogP) is 3.08. The molecule has 112 valence electrons. The number of nitrogens with one attached hydrogen (secondary N) is 1. The third kappa shape index (κ3) is 3.98. The fraction of sp³-hybridized carbons (Fsp3) is 0.312. The smallest absolute Gasteiger partial charge is 0.253 e. The first-order valence-corrected chi connectivity index (χ1v) is 7.80. The SMILES string of the molecule is CC(Cc1ccsc1)Nc1cc(C(=O)N(C)C)ccc1N. The van der Waals surface area contributed by atoms with Crippen molar-refractivity contribution in [2.24, 2.45) is 0 Å². The Morgan fingerprint density at radius 1 is 1.38 bits per heavy atom. The third-order valence-electron chi connectivity index (χ3n) is 3.23. The summed E-state index contributed by atoms with van der Waals surface area (Å²) in [4.78, 5) is 13.6. The maximum atomic E-state index is 12.0. The van der Waals surface area contributed by atoms with Gasteiger partial charge in [0.15, 0.2) is 0 Å². The molecule has 0 aliphatic rings. The van der Waals surface area contributed by atoms with Gasteiger partial charge in [-0.15, -0.1) is 0 Å². The monoisotopic (exact) mass is 303 g/mol. The first-order chi connectivity index (χ1) is 9.97. The topological polar surface area (TPSA) is 58.4 Å². The van der Waals surface area contributed by atoms with Crippen LogP contribution >= 0.6 is 11.3 Å². The van der Waals surface area contributed by atoms with Crippen molar-refractivity contribution in [3.05, 3.63) is 46.2 Å². The summed E-state index contributed by atoms with van der Waals surface area (Å²) in [6, 6.07) is 7.72. The van der Waals surface area contributed by atoms with E-state index in [0.717, 1.165) is 12.1 Å². The average Bonchev–Trinajstić information content (AvgIpc) is 2.93. The van der Waals surface area contributed by atoms with Gasteiger partial charge < -0.3 is 16.0 Å². The van der Waals surface area contributed by atoms with Gasteiger partial charge in [0.05, 0.1) is 11.4 Å². The molecular weight excluding hydrogens is 282 g/mol. The van der Waals surface area contributed by atoms with Crippen molar-refractivity contribution in [1.82, 2.24) is 4.90 Å². The van der Waals surface area contributed by atoms with Crippen LogP contribution in [0, 0.1) is 0 Å². The van der Waals surface area contributed by atoms with Crippen LogP contribution in [0.2, 0.25) is 0 Å². The van der Waals surface area contributed by atoms with Gasteiger partial charge in [-0.2, -0.15) is 11.3 Å². The van der Waals surface area contributed by atoms with Gasteiger partial charge in [0.25, 0.3) is 5.91 Å².